The summed E-state index contributed by atoms with van der Waals surface area (Å²) in [4.78, 5) is 8.20. The van der Waals surface area contributed by atoms with Crippen LogP contribution in [-0.4, -0.2) is 0 Å². The van der Waals surface area contributed by atoms with Gasteiger partial charge in [-0.25, -0.2) is 0 Å². The molecule has 38 heavy (non-hydrogen) atoms. The second-order valence-electron chi connectivity index (χ2n) is 9.86. The summed E-state index contributed by atoms with van der Waals surface area (Å²) in [6.07, 6.45) is 0. The Kier molecular flexibility index (Phi) is 5.32. The third kappa shape index (κ3) is 3.35. The molecule has 0 spiro atoms. The van der Waals surface area contributed by atoms with Gasteiger partial charge in [0.25, 0.3) is 0 Å². The molecule has 0 amide bonds. The molecule has 0 atom stereocenters. The zero-order chi connectivity index (χ0) is 25.7. The summed E-state index contributed by atoms with van der Waals surface area (Å²) in [5.74, 6) is 0. The van der Waals surface area contributed by atoms with Crippen LogP contribution in [0.25, 0.3) is 69.6 Å². The highest BCUT2D eigenvalue weighted by atomic mass is 32.1. The van der Waals surface area contributed by atoms with Crippen LogP contribution in [0.4, 0.5) is 0 Å². The molecule has 0 saturated heterocycles. The molecule has 0 aliphatic heterocycles. The molecule has 6 heteroatoms. The third-order valence-electron chi connectivity index (χ3n) is 7.80. The smallest absolute Gasteiger partial charge is 0.0455 e. The second kappa shape index (κ2) is 8.59. The molecule has 0 bridgehead atoms. The number of rotatable bonds is 3. The average molecular weight is 599 g/mol. The maximum Gasteiger partial charge on any atom is 0.0455 e. The fraction of sp³-hybridized carbons (Fsp3) is 0.125. The van der Waals surface area contributed by atoms with E-state index in [1.165, 1.54) is 91.9 Å². The van der Waals surface area contributed by atoms with E-state index < -0.39 is 0 Å². The molecule has 2 aromatic carbocycles. The van der Waals surface area contributed by atoms with E-state index in [9.17, 15) is 0 Å². The summed E-state index contributed by atoms with van der Waals surface area (Å²) in [6.45, 7) is 9.11. The fourth-order valence-corrected chi connectivity index (χ4v) is 12.2. The summed E-state index contributed by atoms with van der Waals surface area (Å²) >= 11 is 11.5. The molecule has 6 aromatic heterocycles. The topological polar surface area (TPSA) is 0 Å². The Bertz CT molecular complexity index is 2020. The van der Waals surface area contributed by atoms with Crippen LogP contribution < -0.4 is 0 Å². The van der Waals surface area contributed by atoms with Crippen LogP contribution in [0.15, 0.2) is 59.3 Å². The zero-order valence-electron chi connectivity index (χ0n) is 21.2. The number of aryl methyl sites for hydroxylation is 4. The van der Waals surface area contributed by atoms with Crippen molar-refractivity contribution in [1.82, 2.24) is 0 Å². The summed E-state index contributed by atoms with van der Waals surface area (Å²) in [5, 5.41) is 10.1. The fourth-order valence-electron chi connectivity index (χ4n) is 5.49. The van der Waals surface area contributed by atoms with E-state index in [1.54, 1.807) is 0 Å². The van der Waals surface area contributed by atoms with Crippen LogP contribution >= 0.6 is 68.0 Å². The van der Waals surface area contributed by atoms with Gasteiger partial charge in [-0.15, -0.1) is 68.0 Å². The molecule has 6 heterocycles. The minimum Gasteiger partial charge on any atom is -0.144 e. The molecule has 0 aliphatic carbocycles. The first-order chi connectivity index (χ1) is 18.5. The highest BCUT2D eigenvalue weighted by Crippen LogP contribution is 2.48. The van der Waals surface area contributed by atoms with Crippen molar-refractivity contribution < 1.29 is 0 Å². The minimum atomic E-state index is 1.36. The van der Waals surface area contributed by atoms with E-state index >= 15 is 0 Å². The van der Waals surface area contributed by atoms with Crippen LogP contribution in [0.1, 0.15) is 22.3 Å². The van der Waals surface area contributed by atoms with E-state index in [2.05, 4.69) is 87.0 Å². The van der Waals surface area contributed by atoms with Crippen molar-refractivity contribution in [2.75, 3.05) is 0 Å². The first kappa shape index (κ1) is 23.6. The number of benzene rings is 2. The lowest BCUT2D eigenvalue weighted by Crippen LogP contribution is -1.80. The number of hydrogen-bond donors (Lipinski definition) is 0. The SMILES string of the molecule is Cc1c(C)c2sc(-c3ccc(-c4ccc(-c5cc6c(s5)c(C)c(C)c5sccc56)s4)s3)cc2c2ccsc12. The largest absolute Gasteiger partial charge is 0.144 e. The van der Waals surface area contributed by atoms with Gasteiger partial charge in [-0.1, -0.05) is 0 Å². The van der Waals surface area contributed by atoms with Gasteiger partial charge in [-0.05, 0) is 109 Å². The molecule has 0 radical (unpaired) electrons. The molecule has 0 N–H and O–H groups in total. The monoisotopic (exact) mass is 598 g/mol. The van der Waals surface area contributed by atoms with Crippen molar-refractivity contribution in [2.45, 2.75) is 27.7 Å². The van der Waals surface area contributed by atoms with Gasteiger partial charge in [0.15, 0.2) is 0 Å². The standard InChI is InChI=1S/C32H22S6/c1-15-17(3)31-21(19-9-11-33-29(15)19)13-27(37-31)25-7-5-23(35-25)24-6-8-26(36-24)28-14-22-20-10-12-34-30(20)16(2)18(4)32(22)38-28/h5-14H,1-4H3. The van der Waals surface area contributed by atoms with Crippen molar-refractivity contribution >= 4 is 108 Å². The number of hydrogen-bond acceptors (Lipinski definition) is 6. The number of fused-ring (bicyclic) bond motifs is 6. The molecule has 8 rings (SSSR count). The predicted molar refractivity (Wildman–Crippen MR) is 179 cm³/mol. The van der Waals surface area contributed by atoms with Gasteiger partial charge in [0, 0.05) is 69.6 Å². The molecule has 0 saturated carbocycles. The summed E-state index contributed by atoms with van der Waals surface area (Å²) < 4.78 is 5.74. The predicted octanol–water partition coefficient (Wildman–Crippen LogP) is 12.9. The van der Waals surface area contributed by atoms with Crippen molar-refractivity contribution in [2.24, 2.45) is 0 Å². The molecular weight excluding hydrogens is 577 g/mol. The van der Waals surface area contributed by atoms with Gasteiger partial charge in [0.2, 0.25) is 0 Å². The Morgan fingerprint density at radius 3 is 1.16 bits per heavy atom. The van der Waals surface area contributed by atoms with Crippen molar-refractivity contribution in [3.8, 4) is 29.3 Å². The Labute approximate surface area is 245 Å². The van der Waals surface area contributed by atoms with Crippen LogP contribution in [0.3, 0.4) is 0 Å². The van der Waals surface area contributed by atoms with Crippen LogP contribution in [0.5, 0.6) is 0 Å². The molecule has 186 valence electrons. The van der Waals surface area contributed by atoms with Crippen molar-refractivity contribution in [3.05, 3.63) is 81.5 Å². The van der Waals surface area contributed by atoms with Gasteiger partial charge in [0.1, 0.15) is 0 Å². The maximum atomic E-state index is 2.42. The molecule has 0 aliphatic rings. The Morgan fingerprint density at radius 1 is 0.368 bits per heavy atom. The number of thiophene rings is 6. The molecule has 0 unspecified atom stereocenters. The van der Waals surface area contributed by atoms with E-state index in [4.69, 9.17) is 0 Å². The first-order valence-corrected chi connectivity index (χ1v) is 17.5. The van der Waals surface area contributed by atoms with E-state index in [0.29, 0.717) is 0 Å². The Balaban J connectivity index is 1.18. The maximum absolute atomic E-state index is 2.42. The molecular formula is C32H22S6. The highest BCUT2D eigenvalue weighted by Gasteiger charge is 2.18. The highest BCUT2D eigenvalue weighted by molar-refractivity contribution is 7.30. The summed E-state index contributed by atoms with van der Waals surface area (Å²) in [5.41, 5.74) is 5.72. The second-order valence-corrected chi connectivity index (χ2v) is 16.0. The quantitative estimate of drug-likeness (QED) is 0.190. The van der Waals surface area contributed by atoms with E-state index in [-0.39, 0.29) is 0 Å². The normalized spacial score (nSPS) is 12.2. The first-order valence-electron chi connectivity index (χ1n) is 12.5. The zero-order valence-corrected chi connectivity index (χ0v) is 26.1. The average Bonchev–Trinajstić information content (AvgIpc) is 3.76. The van der Waals surface area contributed by atoms with E-state index in [1.807, 2.05) is 68.0 Å². The van der Waals surface area contributed by atoms with Gasteiger partial charge in [-0.2, -0.15) is 0 Å². The van der Waals surface area contributed by atoms with Crippen molar-refractivity contribution in [3.63, 3.8) is 0 Å². The van der Waals surface area contributed by atoms with Gasteiger partial charge in [-0.3, -0.25) is 0 Å². The van der Waals surface area contributed by atoms with Gasteiger partial charge in [0.05, 0.1) is 0 Å². The lowest BCUT2D eigenvalue weighted by Gasteiger charge is -2.03. The summed E-state index contributed by atoms with van der Waals surface area (Å²) in [6, 6.07) is 18.7. The third-order valence-corrected chi connectivity index (χ3v) is 15.1. The van der Waals surface area contributed by atoms with Crippen LogP contribution in [0, 0.1) is 27.7 Å². The minimum absolute atomic E-state index is 1.36. The van der Waals surface area contributed by atoms with Gasteiger partial charge < -0.3 is 0 Å². The van der Waals surface area contributed by atoms with Crippen LogP contribution in [-0.2, 0) is 0 Å². The molecule has 0 fully saturated rings. The van der Waals surface area contributed by atoms with Gasteiger partial charge >= 0.3 is 0 Å². The Hall–Kier alpha value is -2.32. The Morgan fingerprint density at radius 2 is 0.737 bits per heavy atom. The van der Waals surface area contributed by atoms with Crippen LogP contribution in [0.2, 0.25) is 0 Å². The van der Waals surface area contributed by atoms with Crippen molar-refractivity contribution in [1.29, 1.82) is 0 Å². The molecule has 0 nitrogen and oxygen atoms in total. The molecule has 8 aromatic rings. The summed E-state index contributed by atoms with van der Waals surface area (Å²) in [7, 11) is 0. The lowest BCUT2D eigenvalue weighted by atomic mass is 10.0. The lowest BCUT2D eigenvalue weighted by molar-refractivity contribution is 1.44. The van der Waals surface area contributed by atoms with E-state index in [0.717, 1.165) is 0 Å².